The second-order valence-electron chi connectivity index (χ2n) is 5.39. The first-order valence-corrected chi connectivity index (χ1v) is 9.33. The van der Waals surface area contributed by atoms with Crippen molar-refractivity contribution in [3.63, 3.8) is 0 Å². The Balaban J connectivity index is 1.75. The van der Waals surface area contributed by atoms with E-state index in [9.17, 15) is 8.42 Å². The molecule has 4 rings (SSSR count). The Hall–Kier alpha value is -1.70. The molecule has 0 radical (unpaired) electrons. The predicted molar refractivity (Wildman–Crippen MR) is 85.5 cm³/mol. The number of pyridine rings is 1. The number of aryl methyl sites for hydroxylation is 1. The fourth-order valence-corrected chi connectivity index (χ4v) is 5.66. The van der Waals surface area contributed by atoms with Gasteiger partial charge in [-0.3, -0.25) is 0 Å². The molecule has 5 nitrogen and oxygen atoms in total. The van der Waals surface area contributed by atoms with Gasteiger partial charge in [0.1, 0.15) is 9.86 Å². The molecule has 0 saturated carbocycles. The summed E-state index contributed by atoms with van der Waals surface area (Å²) in [5.41, 5.74) is 2.84. The number of rotatable bonds is 2. The van der Waals surface area contributed by atoms with E-state index >= 15 is 0 Å². The lowest BCUT2D eigenvalue weighted by atomic mass is 10.2. The van der Waals surface area contributed by atoms with Crippen LogP contribution in [0.1, 0.15) is 16.3 Å². The van der Waals surface area contributed by atoms with Crippen LogP contribution in [-0.2, 0) is 23.0 Å². The smallest absolute Gasteiger partial charge is 0.252 e. The van der Waals surface area contributed by atoms with E-state index in [2.05, 4.69) is 4.98 Å². The second kappa shape index (κ2) is 4.91. The normalized spacial score (nSPS) is 16.0. The summed E-state index contributed by atoms with van der Waals surface area (Å²) in [6.45, 7) is 2.78. The lowest BCUT2D eigenvalue weighted by Gasteiger charge is -2.25. The molecule has 22 heavy (non-hydrogen) atoms. The molecule has 1 aliphatic rings. The molecule has 4 heterocycles. The Morgan fingerprint density at radius 3 is 2.86 bits per heavy atom. The third kappa shape index (κ3) is 2.08. The molecule has 7 heteroatoms. The molecule has 0 aliphatic carbocycles. The van der Waals surface area contributed by atoms with Crippen LogP contribution >= 0.6 is 11.3 Å². The molecular formula is C15H15N3O2S2. The molecule has 0 amide bonds. The van der Waals surface area contributed by atoms with Gasteiger partial charge in [0.05, 0.1) is 17.9 Å². The number of hydrogen-bond acceptors (Lipinski definition) is 4. The lowest BCUT2D eigenvalue weighted by Crippen LogP contribution is -2.36. The van der Waals surface area contributed by atoms with Gasteiger partial charge in [0, 0.05) is 24.0 Å². The van der Waals surface area contributed by atoms with Crippen molar-refractivity contribution < 1.29 is 8.42 Å². The van der Waals surface area contributed by atoms with Crippen molar-refractivity contribution in [3.8, 4) is 0 Å². The van der Waals surface area contributed by atoms with Gasteiger partial charge in [0.15, 0.2) is 0 Å². The van der Waals surface area contributed by atoms with Gasteiger partial charge in [-0.05, 0) is 31.2 Å². The maximum absolute atomic E-state index is 12.8. The van der Waals surface area contributed by atoms with E-state index < -0.39 is 10.0 Å². The van der Waals surface area contributed by atoms with Gasteiger partial charge in [-0.1, -0.05) is 6.07 Å². The summed E-state index contributed by atoms with van der Waals surface area (Å²) in [6, 6.07) is 9.36. The standard InChI is InChI=1S/C15H15N3O2S2/c1-11-5-6-15(21-11)22(19,20)17-9-7-12-13(10-17)18-8-3-2-4-14(18)16-12/h2-6,8H,7,9-10H2,1H3. The van der Waals surface area contributed by atoms with Crippen LogP contribution < -0.4 is 0 Å². The van der Waals surface area contributed by atoms with Gasteiger partial charge in [0.25, 0.3) is 10.0 Å². The minimum atomic E-state index is -3.42. The van der Waals surface area contributed by atoms with Crippen LogP contribution in [0.25, 0.3) is 5.65 Å². The zero-order valence-electron chi connectivity index (χ0n) is 12.1. The summed E-state index contributed by atoms with van der Waals surface area (Å²) >= 11 is 1.32. The number of thiophene rings is 1. The maximum Gasteiger partial charge on any atom is 0.252 e. The van der Waals surface area contributed by atoms with Gasteiger partial charge >= 0.3 is 0 Å². The molecule has 0 N–H and O–H groups in total. The van der Waals surface area contributed by atoms with Crippen LogP contribution in [0.2, 0.25) is 0 Å². The van der Waals surface area contributed by atoms with Crippen LogP contribution in [0.3, 0.4) is 0 Å². The Morgan fingerprint density at radius 2 is 2.09 bits per heavy atom. The number of sulfonamides is 1. The highest BCUT2D eigenvalue weighted by Gasteiger charge is 2.31. The molecule has 0 bridgehead atoms. The average molecular weight is 333 g/mol. The average Bonchev–Trinajstić information content (AvgIpc) is 3.10. The number of nitrogens with zero attached hydrogens (tertiary/aromatic N) is 3. The topological polar surface area (TPSA) is 54.7 Å². The third-order valence-electron chi connectivity index (χ3n) is 3.95. The fraction of sp³-hybridized carbons (Fsp3) is 0.267. The maximum atomic E-state index is 12.8. The highest BCUT2D eigenvalue weighted by Crippen LogP contribution is 2.29. The van der Waals surface area contributed by atoms with E-state index in [-0.39, 0.29) is 0 Å². The zero-order valence-corrected chi connectivity index (χ0v) is 13.7. The van der Waals surface area contributed by atoms with Crippen molar-refractivity contribution in [2.45, 2.75) is 24.1 Å². The second-order valence-corrected chi connectivity index (χ2v) is 8.84. The third-order valence-corrected chi connectivity index (χ3v) is 7.26. The van der Waals surface area contributed by atoms with E-state index in [1.807, 2.05) is 41.8 Å². The van der Waals surface area contributed by atoms with Gasteiger partial charge in [-0.25, -0.2) is 13.4 Å². The van der Waals surface area contributed by atoms with Crippen molar-refractivity contribution in [3.05, 3.63) is 52.8 Å². The minimum Gasteiger partial charge on any atom is -0.302 e. The first kappa shape index (κ1) is 13.9. The fourth-order valence-electron chi connectivity index (χ4n) is 2.82. The van der Waals surface area contributed by atoms with Crippen molar-refractivity contribution in [2.75, 3.05) is 6.54 Å². The van der Waals surface area contributed by atoms with Crippen molar-refractivity contribution in [2.24, 2.45) is 0 Å². The molecule has 0 aromatic carbocycles. The first-order chi connectivity index (χ1) is 10.6. The monoisotopic (exact) mass is 333 g/mol. The number of imidazole rings is 1. The van der Waals surface area contributed by atoms with Crippen LogP contribution in [-0.4, -0.2) is 28.7 Å². The summed E-state index contributed by atoms with van der Waals surface area (Å²) in [5.74, 6) is 0. The Morgan fingerprint density at radius 1 is 1.23 bits per heavy atom. The molecule has 0 fully saturated rings. The van der Waals surface area contributed by atoms with E-state index in [0.717, 1.165) is 21.9 Å². The Labute approximate surface area is 132 Å². The van der Waals surface area contributed by atoms with Crippen LogP contribution in [0.15, 0.2) is 40.7 Å². The summed E-state index contributed by atoms with van der Waals surface area (Å²) < 4.78 is 29.5. The summed E-state index contributed by atoms with van der Waals surface area (Å²) in [7, 11) is -3.42. The van der Waals surface area contributed by atoms with Crippen LogP contribution in [0.5, 0.6) is 0 Å². The van der Waals surface area contributed by atoms with E-state index in [4.69, 9.17) is 0 Å². The van der Waals surface area contributed by atoms with Crippen LogP contribution in [0.4, 0.5) is 0 Å². The Kier molecular flexibility index (Phi) is 3.11. The summed E-state index contributed by atoms with van der Waals surface area (Å²) in [4.78, 5) is 5.60. The van der Waals surface area contributed by atoms with Gasteiger partial charge in [-0.15, -0.1) is 11.3 Å². The van der Waals surface area contributed by atoms with Crippen molar-refractivity contribution >= 4 is 27.0 Å². The molecule has 0 saturated heterocycles. The highest BCUT2D eigenvalue weighted by atomic mass is 32.2. The van der Waals surface area contributed by atoms with E-state index in [1.54, 1.807) is 10.4 Å². The number of aromatic nitrogens is 2. The predicted octanol–water partition coefficient (Wildman–Crippen LogP) is 2.45. The van der Waals surface area contributed by atoms with E-state index in [0.29, 0.717) is 23.7 Å². The van der Waals surface area contributed by atoms with Crippen LogP contribution in [0, 0.1) is 6.92 Å². The molecule has 0 unspecified atom stereocenters. The van der Waals surface area contributed by atoms with Gasteiger partial charge in [0.2, 0.25) is 0 Å². The zero-order chi connectivity index (χ0) is 15.3. The summed E-state index contributed by atoms with van der Waals surface area (Å²) in [6.07, 6.45) is 2.59. The number of hydrogen-bond donors (Lipinski definition) is 0. The Bertz CT molecular complexity index is 956. The number of fused-ring (bicyclic) bond motifs is 3. The first-order valence-electron chi connectivity index (χ1n) is 7.07. The lowest BCUT2D eigenvalue weighted by molar-refractivity contribution is 0.384. The van der Waals surface area contributed by atoms with Gasteiger partial charge < -0.3 is 4.40 Å². The van der Waals surface area contributed by atoms with E-state index in [1.165, 1.54) is 11.3 Å². The van der Waals surface area contributed by atoms with Crippen molar-refractivity contribution in [1.82, 2.24) is 13.7 Å². The van der Waals surface area contributed by atoms with Crippen molar-refractivity contribution in [1.29, 1.82) is 0 Å². The SMILES string of the molecule is Cc1ccc(S(=O)(=O)N2CCc3nc4ccccn4c3C2)s1. The molecule has 3 aromatic heterocycles. The molecule has 0 atom stereocenters. The molecule has 114 valence electrons. The summed E-state index contributed by atoms with van der Waals surface area (Å²) in [5, 5.41) is 0. The largest absolute Gasteiger partial charge is 0.302 e. The molecule has 1 aliphatic heterocycles. The minimum absolute atomic E-state index is 0.375. The highest BCUT2D eigenvalue weighted by molar-refractivity contribution is 7.91. The van der Waals surface area contributed by atoms with Gasteiger partial charge in [-0.2, -0.15) is 4.31 Å². The quantitative estimate of drug-likeness (QED) is 0.724. The molecular weight excluding hydrogens is 318 g/mol. The molecule has 0 spiro atoms. The molecule has 3 aromatic rings.